The van der Waals surface area contributed by atoms with E-state index in [2.05, 4.69) is 10.0 Å². The minimum Gasteiger partial charge on any atom is -0.395 e. The van der Waals surface area contributed by atoms with Crippen LogP contribution < -0.4 is 20.5 Å². The number of halogens is 3. The van der Waals surface area contributed by atoms with Gasteiger partial charge in [-0.1, -0.05) is 0 Å². The lowest BCUT2D eigenvalue weighted by Gasteiger charge is -2.35. The highest BCUT2D eigenvalue weighted by molar-refractivity contribution is 7.92. The summed E-state index contributed by atoms with van der Waals surface area (Å²) in [5, 5.41) is 11.4. The summed E-state index contributed by atoms with van der Waals surface area (Å²) >= 11 is 0. The van der Waals surface area contributed by atoms with E-state index in [0.717, 1.165) is 31.9 Å². The minimum absolute atomic E-state index is 0.150. The molecule has 0 radical (unpaired) electrons. The van der Waals surface area contributed by atoms with E-state index in [0.29, 0.717) is 28.8 Å². The molecule has 0 atom stereocenters. The molecular formula is C23H27F3N4O5S. The van der Waals surface area contributed by atoms with Gasteiger partial charge in [-0.25, -0.2) is 8.42 Å². The van der Waals surface area contributed by atoms with Crippen LogP contribution in [0.1, 0.15) is 36.0 Å². The summed E-state index contributed by atoms with van der Waals surface area (Å²) in [5.41, 5.74) is -0.162. The average Bonchev–Trinajstić information content (AvgIpc) is 3.54. The maximum atomic E-state index is 13.2. The fourth-order valence-electron chi connectivity index (χ4n) is 4.44. The molecule has 196 valence electrons. The number of aliphatic hydroxyl groups is 1. The molecule has 1 amide bonds. The molecule has 2 aliphatic rings. The number of carbonyl (C=O) groups excluding carboxylic acids is 1. The number of hydrogen-bond acceptors (Lipinski definition) is 6. The molecular weight excluding hydrogens is 501 g/mol. The topological polar surface area (TPSA) is 121 Å². The van der Waals surface area contributed by atoms with E-state index in [1.54, 1.807) is 0 Å². The van der Waals surface area contributed by atoms with Gasteiger partial charge in [-0.15, -0.1) is 0 Å². The van der Waals surface area contributed by atoms with Crippen molar-refractivity contribution in [1.82, 2.24) is 4.57 Å². The van der Waals surface area contributed by atoms with Crippen molar-refractivity contribution < 1.29 is 31.5 Å². The summed E-state index contributed by atoms with van der Waals surface area (Å²) in [6.07, 6.45) is 0.559. The van der Waals surface area contributed by atoms with Crippen LogP contribution in [0.2, 0.25) is 0 Å². The summed E-state index contributed by atoms with van der Waals surface area (Å²) in [4.78, 5) is 27.6. The number of nitrogens with zero attached hydrogens (tertiary/aromatic N) is 2. The van der Waals surface area contributed by atoms with Crippen LogP contribution in [0.3, 0.4) is 0 Å². The van der Waals surface area contributed by atoms with Gasteiger partial charge in [0.25, 0.3) is 11.5 Å². The highest BCUT2D eigenvalue weighted by Crippen LogP contribution is 2.54. The Morgan fingerprint density at radius 2 is 1.81 bits per heavy atom. The lowest BCUT2D eigenvalue weighted by molar-refractivity contribution is -0.141. The molecule has 36 heavy (non-hydrogen) atoms. The van der Waals surface area contributed by atoms with Gasteiger partial charge >= 0.3 is 6.18 Å². The Labute approximate surface area is 206 Å². The van der Waals surface area contributed by atoms with Crippen LogP contribution in [-0.2, 0) is 16.6 Å². The molecule has 1 aromatic heterocycles. The summed E-state index contributed by atoms with van der Waals surface area (Å²) in [7, 11) is -3.80. The van der Waals surface area contributed by atoms with Crippen molar-refractivity contribution in [2.45, 2.75) is 38.4 Å². The van der Waals surface area contributed by atoms with E-state index >= 15 is 0 Å². The molecule has 1 aliphatic carbocycles. The van der Waals surface area contributed by atoms with Crippen molar-refractivity contribution in [3.05, 3.63) is 52.4 Å². The first kappa shape index (κ1) is 26.0. The average molecular weight is 529 g/mol. The van der Waals surface area contributed by atoms with Crippen LogP contribution in [0.15, 0.2) is 41.3 Å². The Balaban J connectivity index is 1.63. The highest BCUT2D eigenvalue weighted by Gasteiger charge is 2.44. The number of sulfonamides is 1. The SMILES string of the molecule is O=C(Nc1cccn(CC(F)(F)F)c1=O)c1ccc(NS(=O)(=O)CCO)cc1N1CCC2(CC1)CC2. The number of rotatable bonds is 8. The number of pyridine rings is 1. The van der Waals surface area contributed by atoms with Gasteiger partial charge in [0.15, 0.2) is 0 Å². The molecule has 3 N–H and O–H groups in total. The molecule has 4 rings (SSSR count). The second-order valence-electron chi connectivity index (χ2n) is 9.29. The lowest BCUT2D eigenvalue weighted by atomic mass is 9.93. The predicted molar refractivity (Wildman–Crippen MR) is 129 cm³/mol. The molecule has 1 saturated heterocycles. The largest absolute Gasteiger partial charge is 0.406 e. The predicted octanol–water partition coefficient (Wildman–Crippen LogP) is 2.78. The van der Waals surface area contributed by atoms with Gasteiger partial charge in [0.2, 0.25) is 10.0 Å². The van der Waals surface area contributed by atoms with Crippen LogP contribution in [-0.4, -0.2) is 55.6 Å². The van der Waals surface area contributed by atoms with Crippen LogP contribution >= 0.6 is 0 Å². The normalized spacial score (nSPS) is 17.2. The third-order valence-electron chi connectivity index (χ3n) is 6.62. The zero-order valence-electron chi connectivity index (χ0n) is 19.3. The third kappa shape index (κ3) is 6.19. The zero-order valence-corrected chi connectivity index (χ0v) is 20.2. The molecule has 2 aromatic rings. The van der Waals surface area contributed by atoms with Gasteiger partial charge in [-0.05, 0) is 61.4 Å². The molecule has 1 saturated carbocycles. The van der Waals surface area contributed by atoms with Crippen LogP contribution in [0.5, 0.6) is 0 Å². The van der Waals surface area contributed by atoms with Crippen molar-refractivity contribution >= 4 is 33.0 Å². The molecule has 2 fully saturated rings. The molecule has 2 heterocycles. The Kier molecular flexibility index (Phi) is 7.06. The van der Waals surface area contributed by atoms with Crippen LogP contribution in [0.4, 0.5) is 30.2 Å². The number of carbonyl (C=O) groups is 1. The maximum Gasteiger partial charge on any atom is 0.406 e. The quantitative estimate of drug-likeness (QED) is 0.485. The number of anilines is 3. The van der Waals surface area contributed by atoms with Crippen molar-refractivity contribution in [2.75, 3.05) is 40.4 Å². The highest BCUT2D eigenvalue weighted by atomic mass is 32.2. The molecule has 9 nitrogen and oxygen atoms in total. The van der Waals surface area contributed by atoms with E-state index in [-0.39, 0.29) is 16.9 Å². The Morgan fingerprint density at radius 3 is 2.42 bits per heavy atom. The number of aliphatic hydroxyl groups excluding tert-OH is 1. The minimum atomic E-state index is -4.61. The monoisotopic (exact) mass is 528 g/mol. The third-order valence-corrected chi connectivity index (χ3v) is 7.88. The number of piperidine rings is 1. The second kappa shape index (κ2) is 9.77. The van der Waals surface area contributed by atoms with Gasteiger partial charge in [-0.3, -0.25) is 14.3 Å². The first-order valence-electron chi connectivity index (χ1n) is 11.5. The van der Waals surface area contributed by atoms with E-state index in [1.165, 1.54) is 30.3 Å². The van der Waals surface area contributed by atoms with Crippen molar-refractivity contribution in [3.63, 3.8) is 0 Å². The second-order valence-corrected chi connectivity index (χ2v) is 11.1. The summed E-state index contributed by atoms with van der Waals surface area (Å²) in [6.45, 7) is -0.744. The van der Waals surface area contributed by atoms with E-state index in [9.17, 15) is 31.2 Å². The fourth-order valence-corrected chi connectivity index (χ4v) is 5.27. The number of alkyl halides is 3. The number of benzene rings is 1. The van der Waals surface area contributed by atoms with E-state index < -0.39 is 46.6 Å². The molecule has 1 aliphatic heterocycles. The fraction of sp³-hybridized carbons (Fsp3) is 0.478. The number of aromatic nitrogens is 1. The summed E-state index contributed by atoms with van der Waals surface area (Å²) in [6, 6.07) is 6.76. The molecule has 1 aromatic carbocycles. The number of amides is 1. The summed E-state index contributed by atoms with van der Waals surface area (Å²) in [5.74, 6) is -1.20. The Hall–Kier alpha value is -3.06. The van der Waals surface area contributed by atoms with Crippen molar-refractivity contribution in [3.8, 4) is 0 Å². The van der Waals surface area contributed by atoms with Crippen molar-refractivity contribution in [1.29, 1.82) is 0 Å². The van der Waals surface area contributed by atoms with Crippen molar-refractivity contribution in [2.24, 2.45) is 5.41 Å². The first-order valence-corrected chi connectivity index (χ1v) is 13.1. The van der Waals surface area contributed by atoms with Gasteiger partial charge < -0.3 is 19.9 Å². The molecule has 13 heteroatoms. The van der Waals surface area contributed by atoms with Crippen LogP contribution in [0.25, 0.3) is 0 Å². The lowest BCUT2D eigenvalue weighted by Crippen LogP contribution is -2.36. The van der Waals surface area contributed by atoms with Gasteiger partial charge in [0.1, 0.15) is 12.2 Å². The maximum absolute atomic E-state index is 13.2. The Bertz CT molecular complexity index is 1300. The van der Waals surface area contributed by atoms with Crippen LogP contribution in [0, 0.1) is 5.41 Å². The van der Waals surface area contributed by atoms with Gasteiger partial charge in [-0.2, -0.15) is 13.2 Å². The number of nitrogens with one attached hydrogen (secondary N) is 2. The smallest absolute Gasteiger partial charge is 0.395 e. The number of hydrogen-bond donors (Lipinski definition) is 3. The molecule has 0 bridgehead atoms. The standard InChI is InChI=1S/C23H27F3N4O5S/c24-23(25,26)15-30-9-1-2-18(21(30)33)27-20(32)17-4-3-16(28-36(34,35)13-12-31)14-19(17)29-10-7-22(5-6-22)8-11-29/h1-4,9,14,28,31H,5-8,10-13,15H2,(H,27,32). The Morgan fingerprint density at radius 1 is 1.11 bits per heavy atom. The zero-order chi connectivity index (χ0) is 26.1. The summed E-state index contributed by atoms with van der Waals surface area (Å²) < 4.78 is 65.5. The van der Waals surface area contributed by atoms with E-state index in [4.69, 9.17) is 5.11 Å². The first-order chi connectivity index (χ1) is 16.9. The van der Waals surface area contributed by atoms with Gasteiger partial charge in [0.05, 0.1) is 29.3 Å². The molecule has 0 unspecified atom stereocenters. The molecule has 1 spiro atoms. The van der Waals surface area contributed by atoms with E-state index in [1.807, 2.05) is 4.90 Å². The van der Waals surface area contributed by atoms with Gasteiger partial charge in [0, 0.05) is 19.3 Å².